The highest BCUT2D eigenvalue weighted by atomic mass is 32.2. The number of hydrogen-bond acceptors (Lipinski definition) is 2. The fraction of sp³-hybridized carbons (Fsp3) is 0.250. The lowest BCUT2D eigenvalue weighted by Crippen LogP contribution is -2.32. The van der Waals surface area contributed by atoms with Crippen molar-refractivity contribution in [2.24, 2.45) is 0 Å². The molecule has 2 aromatic rings. The van der Waals surface area contributed by atoms with Gasteiger partial charge in [0.05, 0.1) is 5.69 Å². The molecule has 0 aliphatic carbocycles. The van der Waals surface area contributed by atoms with E-state index in [9.17, 15) is 17.2 Å². The van der Waals surface area contributed by atoms with E-state index >= 15 is 0 Å². The van der Waals surface area contributed by atoms with Crippen LogP contribution < -0.4 is 4.31 Å². The van der Waals surface area contributed by atoms with Crippen LogP contribution in [0.4, 0.5) is 14.5 Å². The molecule has 0 N–H and O–H groups in total. The standard InChI is InChI=1S/C16H17F2NO2S/c1-2-3-12-19(13-8-5-4-6-9-13)22(20,21)15-11-7-10-14(17)16(15)18/h4-11H,2-3,12H2,1H3. The van der Waals surface area contributed by atoms with E-state index in [1.54, 1.807) is 30.3 Å². The number of sulfonamides is 1. The first-order valence-corrected chi connectivity index (χ1v) is 8.44. The van der Waals surface area contributed by atoms with Crippen molar-refractivity contribution in [1.82, 2.24) is 0 Å². The van der Waals surface area contributed by atoms with Crippen LogP contribution in [-0.4, -0.2) is 15.0 Å². The average molecular weight is 325 g/mol. The predicted octanol–water partition coefficient (Wildman–Crippen LogP) is 3.96. The Morgan fingerprint density at radius 1 is 1.00 bits per heavy atom. The lowest BCUT2D eigenvalue weighted by Gasteiger charge is -2.24. The number of hydrogen-bond donors (Lipinski definition) is 0. The average Bonchev–Trinajstić information content (AvgIpc) is 2.51. The van der Waals surface area contributed by atoms with E-state index in [1.807, 2.05) is 6.92 Å². The molecule has 2 rings (SSSR count). The molecule has 2 aromatic carbocycles. The normalized spacial score (nSPS) is 11.4. The quantitative estimate of drug-likeness (QED) is 0.806. The summed E-state index contributed by atoms with van der Waals surface area (Å²) in [5, 5.41) is 0. The molecule has 0 radical (unpaired) electrons. The summed E-state index contributed by atoms with van der Waals surface area (Å²) in [5.41, 5.74) is 0.430. The molecule has 3 nitrogen and oxygen atoms in total. The molecule has 0 unspecified atom stereocenters. The topological polar surface area (TPSA) is 37.4 Å². The van der Waals surface area contributed by atoms with Gasteiger partial charge in [-0.25, -0.2) is 17.2 Å². The van der Waals surface area contributed by atoms with E-state index in [-0.39, 0.29) is 6.54 Å². The maximum Gasteiger partial charge on any atom is 0.267 e. The molecule has 22 heavy (non-hydrogen) atoms. The van der Waals surface area contributed by atoms with Gasteiger partial charge in [0, 0.05) is 6.54 Å². The maximum absolute atomic E-state index is 13.9. The fourth-order valence-corrected chi connectivity index (χ4v) is 3.67. The monoisotopic (exact) mass is 325 g/mol. The molecular weight excluding hydrogens is 308 g/mol. The summed E-state index contributed by atoms with van der Waals surface area (Å²) < 4.78 is 53.9. The fourth-order valence-electron chi connectivity index (χ4n) is 2.09. The van der Waals surface area contributed by atoms with Crippen LogP contribution in [0.15, 0.2) is 53.4 Å². The van der Waals surface area contributed by atoms with Crippen LogP contribution in [0.3, 0.4) is 0 Å². The molecule has 0 bridgehead atoms. The van der Waals surface area contributed by atoms with E-state index in [2.05, 4.69) is 0 Å². The van der Waals surface area contributed by atoms with Gasteiger partial charge in [-0.05, 0) is 30.7 Å². The number of rotatable bonds is 6. The number of benzene rings is 2. The zero-order valence-corrected chi connectivity index (χ0v) is 13.0. The van der Waals surface area contributed by atoms with Crippen molar-refractivity contribution in [1.29, 1.82) is 0 Å². The largest absolute Gasteiger partial charge is 0.267 e. The van der Waals surface area contributed by atoms with Crippen molar-refractivity contribution in [2.75, 3.05) is 10.8 Å². The van der Waals surface area contributed by atoms with Gasteiger partial charge < -0.3 is 0 Å². The Kier molecular flexibility index (Phi) is 5.13. The molecule has 0 saturated carbocycles. The second kappa shape index (κ2) is 6.87. The second-order valence-corrected chi connectivity index (χ2v) is 6.65. The number of para-hydroxylation sites is 1. The number of unbranched alkanes of at least 4 members (excludes halogenated alkanes) is 1. The molecule has 0 aliphatic heterocycles. The van der Waals surface area contributed by atoms with Crippen LogP contribution in [0.5, 0.6) is 0 Å². The summed E-state index contributed by atoms with van der Waals surface area (Å²) in [5.74, 6) is -2.52. The van der Waals surface area contributed by atoms with Crippen molar-refractivity contribution in [3.05, 3.63) is 60.2 Å². The Morgan fingerprint density at radius 3 is 2.32 bits per heavy atom. The maximum atomic E-state index is 13.9. The smallest absolute Gasteiger partial charge is 0.266 e. The molecule has 0 heterocycles. The van der Waals surface area contributed by atoms with Crippen molar-refractivity contribution < 1.29 is 17.2 Å². The summed E-state index contributed by atoms with van der Waals surface area (Å²) >= 11 is 0. The highest BCUT2D eigenvalue weighted by Crippen LogP contribution is 2.26. The van der Waals surface area contributed by atoms with E-state index < -0.39 is 26.6 Å². The molecular formula is C16H17F2NO2S. The third-order valence-corrected chi connectivity index (χ3v) is 5.09. The van der Waals surface area contributed by atoms with Gasteiger partial charge in [0.25, 0.3) is 10.0 Å². The first-order valence-electron chi connectivity index (χ1n) is 7.00. The van der Waals surface area contributed by atoms with Gasteiger partial charge in [0.2, 0.25) is 0 Å². The third kappa shape index (κ3) is 3.27. The lowest BCUT2D eigenvalue weighted by atomic mass is 10.3. The van der Waals surface area contributed by atoms with E-state index in [0.717, 1.165) is 22.9 Å². The van der Waals surface area contributed by atoms with Crippen LogP contribution in [-0.2, 0) is 10.0 Å². The van der Waals surface area contributed by atoms with E-state index in [4.69, 9.17) is 0 Å². The first kappa shape index (κ1) is 16.4. The molecule has 0 fully saturated rings. The molecule has 0 saturated heterocycles. The Balaban J connectivity index is 2.52. The Morgan fingerprint density at radius 2 is 1.68 bits per heavy atom. The van der Waals surface area contributed by atoms with Crippen LogP contribution in [0.1, 0.15) is 19.8 Å². The highest BCUT2D eigenvalue weighted by molar-refractivity contribution is 7.92. The van der Waals surface area contributed by atoms with Crippen molar-refractivity contribution in [3.63, 3.8) is 0 Å². The zero-order valence-electron chi connectivity index (χ0n) is 12.2. The van der Waals surface area contributed by atoms with Crippen molar-refractivity contribution >= 4 is 15.7 Å². The van der Waals surface area contributed by atoms with Crippen LogP contribution >= 0.6 is 0 Å². The zero-order chi connectivity index (χ0) is 16.2. The highest BCUT2D eigenvalue weighted by Gasteiger charge is 2.28. The summed E-state index contributed by atoms with van der Waals surface area (Å²) in [6.07, 6.45) is 1.40. The molecule has 0 atom stereocenters. The van der Waals surface area contributed by atoms with E-state index in [1.165, 1.54) is 6.07 Å². The minimum absolute atomic E-state index is 0.207. The van der Waals surface area contributed by atoms with Gasteiger partial charge in [-0.3, -0.25) is 4.31 Å². The van der Waals surface area contributed by atoms with E-state index in [0.29, 0.717) is 12.1 Å². The number of nitrogens with zero attached hydrogens (tertiary/aromatic N) is 1. The van der Waals surface area contributed by atoms with Gasteiger partial charge >= 0.3 is 0 Å². The van der Waals surface area contributed by atoms with Crippen molar-refractivity contribution in [2.45, 2.75) is 24.7 Å². The minimum atomic E-state index is -4.16. The molecule has 0 aromatic heterocycles. The van der Waals surface area contributed by atoms with Crippen LogP contribution in [0.25, 0.3) is 0 Å². The molecule has 6 heteroatoms. The van der Waals surface area contributed by atoms with Gasteiger partial charge in [0.1, 0.15) is 4.90 Å². The third-order valence-electron chi connectivity index (χ3n) is 3.24. The van der Waals surface area contributed by atoms with Crippen molar-refractivity contribution in [3.8, 4) is 0 Å². The second-order valence-electron chi connectivity index (χ2n) is 4.82. The molecule has 0 spiro atoms. The van der Waals surface area contributed by atoms with Gasteiger partial charge in [-0.1, -0.05) is 37.6 Å². The van der Waals surface area contributed by atoms with Gasteiger partial charge in [0.15, 0.2) is 11.6 Å². The summed E-state index contributed by atoms with van der Waals surface area (Å²) in [6, 6.07) is 11.6. The Bertz CT molecular complexity index is 733. The summed E-state index contributed by atoms with van der Waals surface area (Å²) in [7, 11) is -4.16. The summed E-state index contributed by atoms with van der Waals surface area (Å²) in [4.78, 5) is -0.646. The van der Waals surface area contributed by atoms with Crippen LogP contribution in [0.2, 0.25) is 0 Å². The number of halogens is 2. The minimum Gasteiger partial charge on any atom is -0.266 e. The lowest BCUT2D eigenvalue weighted by molar-refractivity contribution is 0.484. The Hall–Kier alpha value is -1.95. The summed E-state index contributed by atoms with van der Waals surface area (Å²) in [6.45, 7) is 2.14. The Labute approximate surface area is 129 Å². The number of anilines is 1. The molecule has 0 amide bonds. The van der Waals surface area contributed by atoms with Gasteiger partial charge in [-0.15, -0.1) is 0 Å². The SMILES string of the molecule is CCCCN(c1ccccc1)S(=O)(=O)c1cccc(F)c1F. The predicted molar refractivity (Wildman–Crippen MR) is 82.2 cm³/mol. The van der Waals surface area contributed by atoms with Crippen LogP contribution in [0, 0.1) is 11.6 Å². The molecule has 118 valence electrons. The molecule has 0 aliphatic rings. The van der Waals surface area contributed by atoms with Gasteiger partial charge in [-0.2, -0.15) is 0 Å². The first-order chi connectivity index (χ1) is 10.5.